The molecular weight excluding hydrogens is 462 g/mol. The Morgan fingerprint density at radius 1 is 0.526 bits per heavy atom. The fourth-order valence-electron chi connectivity index (χ4n) is 5.47. The summed E-state index contributed by atoms with van der Waals surface area (Å²) in [5, 5.41) is 9.54. The van der Waals surface area contributed by atoms with Gasteiger partial charge in [-0.05, 0) is 80.0 Å². The fraction of sp³-hybridized carbons (Fsp3) is 0.257. The molecule has 5 rings (SSSR count). The second-order valence-corrected chi connectivity index (χ2v) is 11.7. The van der Waals surface area contributed by atoms with Crippen LogP contribution in [0.4, 0.5) is 0 Å². The summed E-state index contributed by atoms with van der Waals surface area (Å²) in [6, 6.07) is 28.7. The van der Waals surface area contributed by atoms with Gasteiger partial charge in [0.15, 0.2) is 11.6 Å². The number of aryl methyl sites for hydroxylation is 5. The molecule has 0 fully saturated rings. The van der Waals surface area contributed by atoms with E-state index < -0.39 is 0 Å². The maximum absolute atomic E-state index is 4.78. The molecule has 1 aromatic heterocycles. The lowest BCUT2D eigenvalue weighted by Crippen LogP contribution is -2.11. The number of aromatic nitrogens is 3. The highest BCUT2D eigenvalue weighted by Gasteiger charge is 2.21. The predicted octanol–water partition coefficient (Wildman–Crippen LogP) is 9.11. The Kier molecular flexibility index (Phi) is 6.56. The van der Waals surface area contributed by atoms with Crippen LogP contribution in [0.2, 0.25) is 0 Å². The molecule has 4 aromatic carbocycles. The Morgan fingerprint density at radius 3 is 1.58 bits per heavy atom. The molecule has 0 saturated heterocycles. The lowest BCUT2D eigenvalue weighted by atomic mass is 9.87. The molecule has 5 aromatic rings. The van der Waals surface area contributed by atoms with E-state index in [1.54, 1.807) is 0 Å². The van der Waals surface area contributed by atoms with Crippen LogP contribution in [0.15, 0.2) is 78.9 Å². The summed E-state index contributed by atoms with van der Waals surface area (Å²) in [5.74, 6) is 1.71. The summed E-state index contributed by atoms with van der Waals surface area (Å²) < 4.78 is 2.21. The van der Waals surface area contributed by atoms with Crippen molar-refractivity contribution in [3.63, 3.8) is 0 Å². The first-order valence-electron chi connectivity index (χ1n) is 13.3. The Labute approximate surface area is 227 Å². The molecule has 0 aliphatic rings. The van der Waals surface area contributed by atoms with Crippen molar-refractivity contribution in [2.24, 2.45) is 0 Å². The van der Waals surface area contributed by atoms with E-state index in [9.17, 15) is 0 Å². The SMILES string of the molecule is Cc1cc(C)cc(-c2ccc(-c3nnc(-c4c(C)cc(C)cc4C)n3-c3ccc(C(C)(C)C)cc3)cc2)c1. The van der Waals surface area contributed by atoms with Crippen LogP contribution in [0.1, 0.15) is 54.2 Å². The molecule has 38 heavy (non-hydrogen) atoms. The summed E-state index contributed by atoms with van der Waals surface area (Å²) in [7, 11) is 0. The fourth-order valence-corrected chi connectivity index (χ4v) is 5.47. The zero-order valence-corrected chi connectivity index (χ0v) is 23.8. The standard InChI is InChI=1S/C35H37N3/c1-22-17-23(2)21-29(20-22)27-9-11-28(12-10-27)33-36-37-34(32-25(4)18-24(3)19-26(32)5)38(33)31-15-13-30(14-16-31)35(6,7)8/h9-21H,1-8H3. The maximum Gasteiger partial charge on any atom is 0.169 e. The Bertz CT molecular complexity index is 1570. The average Bonchev–Trinajstić information content (AvgIpc) is 3.27. The van der Waals surface area contributed by atoms with Gasteiger partial charge in [0.1, 0.15) is 0 Å². The Morgan fingerprint density at radius 2 is 1.03 bits per heavy atom. The van der Waals surface area contributed by atoms with Gasteiger partial charge in [0.2, 0.25) is 0 Å². The lowest BCUT2D eigenvalue weighted by molar-refractivity contribution is 0.590. The van der Waals surface area contributed by atoms with Crippen molar-refractivity contribution in [2.75, 3.05) is 0 Å². The van der Waals surface area contributed by atoms with Gasteiger partial charge in [-0.1, -0.05) is 104 Å². The van der Waals surface area contributed by atoms with E-state index >= 15 is 0 Å². The molecule has 0 N–H and O–H groups in total. The highest BCUT2D eigenvalue weighted by atomic mass is 15.3. The van der Waals surface area contributed by atoms with Gasteiger partial charge in [0.05, 0.1) is 0 Å². The number of nitrogens with zero attached hydrogens (tertiary/aromatic N) is 3. The molecule has 3 heteroatoms. The average molecular weight is 500 g/mol. The molecule has 0 amide bonds. The van der Waals surface area contributed by atoms with Gasteiger partial charge < -0.3 is 0 Å². The molecule has 0 radical (unpaired) electrons. The van der Waals surface area contributed by atoms with E-state index in [4.69, 9.17) is 10.2 Å². The van der Waals surface area contributed by atoms with Crippen molar-refractivity contribution < 1.29 is 0 Å². The monoisotopic (exact) mass is 499 g/mol. The topological polar surface area (TPSA) is 30.7 Å². The number of rotatable bonds is 4. The summed E-state index contributed by atoms with van der Waals surface area (Å²) in [6.45, 7) is 17.5. The van der Waals surface area contributed by atoms with Gasteiger partial charge in [-0.15, -0.1) is 10.2 Å². The van der Waals surface area contributed by atoms with Crippen LogP contribution in [-0.4, -0.2) is 14.8 Å². The second kappa shape index (κ2) is 9.72. The minimum Gasteiger partial charge on any atom is -0.275 e. The summed E-state index contributed by atoms with van der Waals surface area (Å²) in [5.41, 5.74) is 13.3. The van der Waals surface area contributed by atoms with Gasteiger partial charge >= 0.3 is 0 Å². The Hall–Kier alpha value is -3.98. The van der Waals surface area contributed by atoms with E-state index in [2.05, 4.69) is 139 Å². The van der Waals surface area contributed by atoms with Crippen LogP contribution in [0.25, 0.3) is 39.6 Å². The summed E-state index contributed by atoms with van der Waals surface area (Å²) in [6.07, 6.45) is 0. The van der Waals surface area contributed by atoms with Crippen LogP contribution in [0.5, 0.6) is 0 Å². The zero-order chi connectivity index (χ0) is 27.2. The minimum atomic E-state index is 0.0888. The van der Waals surface area contributed by atoms with Gasteiger partial charge in [-0.2, -0.15) is 0 Å². The molecule has 0 aliphatic carbocycles. The van der Waals surface area contributed by atoms with Crippen LogP contribution >= 0.6 is 0 Å². The van der Waals surface area contributed by atoms with Gasteiger partial charge in [0, 0.05) is 16.8 Å². The Balaban J connectivity index is 1.67. The number of hydrogen-bond acceptors (Lipinski definition) is 2. The highest BCUT2D eigenvalue weighted by molar-refractivity contribution is 5.73. The van der Waals surface area contributed by atoms with Gasteiger partial charge in [-0.3, -0.25) is 4.57 Å². The number of benzene rings is 4. The minimum absolute atomic E-state index is 0.0888. The van der Waals surface area contributed by atoms with Crippen molar-refractivity contribution >= 4 is 0 Å². The third kappa shape index (κ3) is 4.93. The molecule has 192 valence electrons. The van der Waals surface area contributed by atoms with Crippen LogP contribution in [0, 0.1) is 34.6 Å². The molecular formula is C35H37N3. The van der Waals surface area contributed by atoms with Crippen molar-refractivity contribution in [1.29, 1.82) is 0 Å². The van der Waals surface area contributed by atoms with E-state index in [1.165, 1.54) is 44.5 Å². The van der Waals surface area contributed by atoms with Crippen molar-refractivity contribution in [2.45, 2.75) is 60.8 Å². The molecule has 0 saturated carbocycles. The third-order valence-corrected chi connectivity index (χ3v) is 7.25. The first-order chi connectivity index (χ1) is 18.0. The van der Waals surface area contributed by atoms with E-state index in [0.717, 1.165) is 28.5 Å². The van der Waals surface area contributed by atoms with E-state index in [-0.39, 0.29) is 5.41 Å². The van der Waals surface area contributed by atoms with Gasteiger partial charge in [-0.25, -0.2) is 0 Å². The second-order valence-electron chi connectivity index (χ2n) is 11.7. The third-order valence-electron chi connectivity index (χ3n) is 7.25. The van der Waals surface area contributed by atoms with Crippen molar-refractivity contribution in [3.05, 3.63) is 112 Å². The van der Waals surface area contributed by atoms with E-state index in [1.807, 2.05) is 0 Å². The van der Waals surface area contributed by atoms with Crippen molar-refractivity contribution in [3.8, 4) is 39.6 Å². The van der Waals surface area contributed by atoms with Gasteiger partial charge in [0.25, 0.3) is 0 Å². The summed E-state index contributed by atoms with van der Waals surface area (Å²) in [4.78, 5) is 0. The highest BCUT2D eigenvalue weighted by Crippen LogP contribution is 2.34. The largest absolute Gasteiger partial charge is 0.275 e. The van der Waals surface area contributed by atoms with Crippen molar-refractivity contribution in [1.82, 2.24) is 14.8 Å². The molecule has 1 heterocycles. The molecule has 0 aliphatic heterocycles. The normalized spacial score (nSPS) is 11.7. The van der Waals surface area contributed by atoms with E-state index in [0.29, 0.717) is 0 Å². The molecule has 0 atom stereocenters. The van der Waals surface area contributed by atoms with Crippen LogP contribution < -0.4 is 0 Å². The molecule has 3 nitrogen and oxygen atoms in total. The quantitative estimate of drug-likeness (QED) is 0.247. The molecule has 0 bridgehead atoms. The smallest absolute Gasteiger partial charge is 0.169 e. The first kappa shape index (κ1) is 25.7. The lowest BCUT2D eigenvalue weighted by Gasteiger charge is -2.20. The predicted molar refractivity (Wildman–Crippen MR) is 160 cm³/mol. The molecule has 0 spiro atoms. The summed E-state index contributed by atoms with van der Waals surface area (Å²) >= 11 is 0. The zero-order valence-electron chi connectivity index (χ0n) is 23.8. The molecule has 0 unspecified atom stereocenters. The van der Waals surface area contributed by atoms with Crippen LogP contribution in [0.3, 0.4) is 0 Å². The first-order valence-corrected chi connectivity index (χ1v) is 13.3. The maximum atomic E-state index is 4.78. The number of hydrogen-bond donors (Lipinski definition) is 0. The van der Waals surface area contributed by atoms with Crippen LogP contribution in [-0.2, 0) is 5.41 Å².